The van der Waals surface area contributed by atoms with Gasteiger partial charge < -0.3 is 24.7 Å². The largest absolute Gasteiger partial charge is 0.497 e. The third-order valence-electron chi connectivity index (χ3n) is 4.72. The summed E-state index contributed by atoms with van der Waals surface area (Å²) < 4.78 is 6.59. The van der Waals surface area contributed by atoms with Crippen LogP contribution in [0.4, 0.5) is 10.5 Å². The molecular formula is C23H22ClN3O4. The lowest BCUT2D eigenvalue weighted by molar-refractivity contribution is -0.108. The second-order valence-electron chi connectivity index (χ2n) is 6.77. The summed E-state index contributed by atoms with van der Waals surface area (Å²) in [6, 6.07) is 16.3. The molecule has 0 aliphatic heterocycles. The van der Waals surface area contributed by atoms with Gasteiger partial charge in [-0.15, -0.1) is 0 Å². The molecule has 1 heterocycles. The molecule has 1 aromatic heterocycles. The molecule has 0 radical (unpaired) electrons. The number of nitrogens with zero attached hydrogens (tertiary/aromatic N) is 1. The van der Waals surface area contributed by atoms with E-state index >= 15 is 0 Å². The number of aromatic nitrogens is 1. The number of carbonyl (C=O) groups excluding carboxylic acids is 2. The van der Waals surface area contributed by atoms with Crippen LogP contribution in [0.3, 0.4) is 0 Å². The van der Waals surface area contributed by atoms with E-state index in [4.69, 9.17) is 16.3 Å². The molecule has 0 saturated carbocycles. The van der Waals surface area contributed by atoms with Gasteiger partial charge in [0, 0.05) is 17.6 Å². The Balaban J connectivity index is 1.73. The van der Waals surface area contributed by atoms with Gasteiger partial charge in [0.2, 0.25) is 0 Å². The van der Waals surface area contributed by atoms with Crippen LogP contribution >= 0.6 is 11.6 Å². The van der Waals surface area contributed by atoms with Crippen LogP contribution in [-0.4, -0.2) is 24.0 Å². The number of rotatable bonds is 8. The number of nitrogens with one attached hydrogen (secondary N) is 2. The molecule has 7 nitrogen and oxygen atoms in total. The lowest BCUT2D eigenvalue weighted by Gasteiger charge is -2.18. The van der Waals surface area contributed by atoms with Crippen molar-refractivity contribution >= 4 is 29.6 Å². The van der Waals surface area contributed by atoms with E-state index in [1.54, 1.807) is 49.7 Å². The number of carbonyl (C=O) groups is 2. The van der Waals surface area contributed by atoms with Crippen molar-refractivity contribution in [3.8, 4) is 5.75 Å². The molecule has 160 valence electrons. The Bertz CT molecular complexity index is 1110. The standard InChI is InChI=1S/C23H22ClN3O4/c1-31-18-10-8-16(9-11-18)20(12-14-28)25-23(30)26-21-7-4-13-27(22(21)29)15-17-5-2-3-6-19(17)24/h2-11,13-14,20H,12,15H2,1H3,(H2,25,26,30)/t20-/m0/s1. The predicted molar refractivity (Wildman–Crippen MR) is 120 cm³/mol. The summed E-state index contributed by atoms with van der Waals surface area (Å²) in [5, 5.41) is 5.87. The van der Waals surface area contributed by atoms with Gasteiger partial charge in [0.05, 0.1) is 19.7 Å². The van der Waals surface area contributed by atoms with Crippen LogP contribution in [0.15, 0.2) is 71.7 Å². The van der Waals surface area contributed by atoms with Crippen molar-refractivity contribution in [2.24, 2.45) is 0 Å². The Kier molecular flexibility index (Phi) is 7.45. The molecule has 0 bridgehead atoms. The van der Waals surface area contributed by atoms with Gasteiger partial charge in [-0.3, -0.25) is 4.79 Å². The van der Waals surface area contributed by atoms with Gasteiger partial charge in [-0.05, 0) is 41.5 Å². The summed E-state index contributed by atoms with van der Waals surface area (Å²) in [7, 11) is 1.56. The highest BCUT2D eigenvalue weighted by molar-refractivity contribution is 6.31. The molecule has 2 aromatic carbocycles. The molecule has 0 aliphatic rings. The lowest BCUT2D eigenvalue weighted by Crippen LogP contribution is -2.35. The molecule has 0 unspecified atom stereocenters. The van der Waals surface area contributed by atoms with E-state index in [0.717, 1.165) is 17.4 Å². The molecule has 2 amide bonds. The Labute approximate surface area is 184 Å². The van der Waals surface area contributed by atoms with E-state index in [9.17, 15) is 14.4 Å². The number of hydrogen-bond acceptors (Lipinski definition) is 4. The first-order chi connectivity index (χ1) is 15.0. The van der Waals surface area contributed by atoms with Crippen molar-refractivity contribution in [2.75, 3.05) is 12.4 Å². The Morgan fingerprint density at radius 3 is 2.55 bits per heavy atom. The molecule has 0 saturated heterocycles. The first-order valence-corrected chi connectivity index (χ1v) is 9.97. The van der Waals surface area contributed by atoms with E-state index in [1.807, 2.05) is 18.2 Å². The second kappa shape index (κ2) is 10.4. The van der Waals surface area contributed by atoms with Crippen LogP contribution in [-0.2, 0) is 11.3 Å². The monoisotopic (exact) mass is 439 g/mol. The predicted octanol–water partition coefficient (Wildman–Crippen LogP) is 4.01. The van der Waals surface area contributed by atoms with Crippen LogP contribution in [0.1, 0.15) is 23.6 Å². The lowest BCUT2D eigenvalue weighted by atomic mass is 10.0. The summed E-state index contributed by atoms with van der Waals surface area (Å²) in [5.41, 5.74) is 1.28. The van der Waals surface area contributed by atoms with Gasteiger partial charge in [-0.2, -0.15) is 0 Å². The highest BCUT2D eigenvalue weighted by atomic mass is 35.5. The maximum atomic E-state index is 12.8. The highest BCUT2D eigenvalue weighted by Crippen LogP contribution is 2.20. The Morgan fingerprint density at radius 2 is 1.87 bits per heavy atom. The minimum atomic E-state index is -0.588. The number of benzene rings is 2. The number of hydrogen-bond donors (Lipinski definition) is 2. The summed E-state index contributed by atoms with van der Waals surface area (Å²) in [6.45, 7) is 0.273. The summed E-state index contributed by atoms with van der Waals surface area (Å²) in [4.78, 5) is 36.4. The Morgan fingerprint density at radius 1 is 1.13 bits per heavy atom. The molecule has 0 spiro atoms. The molecular weight excluding hydrogens is 418 g/mol. The summed E-state index contributed by atoms with van der Waals surface area (Å²) in [5.74, 6) is 0.668. The SMILES string of the molecule is COc1ccc([C@H](CC=O)NC(=O)Nc2cccn(Cc3ccccc3Cl)c2=O)cc1. The quantitative estimate of drug-likeness (QED) is 0.519. The molecule has 31 heavy (non-hydrogen) atoms. The van der Waals surface area contributed by atoms with Crippen LogP contribution in [0, 0.1) is 0 Å². The number of halogens is 1. The number of anilines is 1. The van der Waals surface area contributed by atoms with E-state index in [-0.39, 0.29) is 24.2 Å². The fourth-order valence-corrected chi connectivity index (χ4v) is 3.29. The minimum Gasteiger partial charge on any atom is -0.497 e. The van der Waals surface area contributed by atoms with Crippen LogP contribution in [0.5, 0.6) is 5.75 Å². The number of methoxy groups -OCH3 is 1. The van der Waals surface area contributed by atoms with Crippen molar-refractivity contribution in [1.82, 2.24) is 9.88 Å². The van der Waals surface area contributed by atoms with E-state index in [1.165, 1.54) is 10.6 Å². The van der Waals surface area contributed by atoms with Crippen molar-refractivity contribution in [3.63, 3.8) is 0 Å². The van der Waals surface area contributed by atoms with E-state index < -0.39 is 12.1 Å². The third-order valence-corrected chi connectivity index (χ3v) is 5.09. The smallest absolute Gasteiger partial charge is 0.319 e. The van der Waals surface area contributed by atoms with Gasteiger partial charge >= 0.3 is 6.03 Å². The zero-order valence-corrected chi connectivity index (χ0v) is 17.6. The van der Waals surface area contributed by atoms with Crippen molar-refractivity contribution in [2.45, 2.75) is 19.0 Å². The van der Waals surface area contributed by atoms with Gasteiger partial charge in [0.1, 0.15) is 17.7 Å². The minimum absolute atomic E-state index is 0.0886. The maximum absolute atomic E-state index is 12.8. The zero-order chi connectivity index (χ0) is 22.2. The van der Waals surface area contributed by atoms with E-state index in [2.05, 4.69) is 10.6 Å². The number of urea groups is 1. The molecule has 1 atom stereocenters. The Hall–Kier alpha value is -3.58. The first-order valence-electron chi connectivity index (χ1n) is 9.59. The zero-order valence-electron chi connectivity index (χ0n) is 16.9. The molecule has 3 aromatic rings. The molecule has 3 rings (SSSR count). The van der Waals surface area contributed by atoms with Gasteiger partial charge in [0.25, 0.3) is 5.56 Å². The molecule has 8 heteroatoms. The van der Waals surface area contributed by atoms with Crippen LogP contribution < -0.4 is 20.9 Å². The van der Waals surface area contributed by atoms with Crippen LogP contribution in [0.25, 0.3) is 0 Å². The number of amides is 2. The van der Waals surface area contributed by atoms with Crippen LogP contribution in [0.2, 0.25) is 5.02 Å². The van der Waals surface area contributed by atoms with E-state index in [0.29, 0.717) is 10.8 Å². The average Bonchev–Trinajstić information content (AvgIpc) is 2.78. The van der Waals surface area contributed by atoms with Gasteiger partial charge in [0.15, 0.2) is 0 Å². The normalized spacial score (nSPS) is 11.4. The molecule has 0 aliphatic carbocycles. The molecule has 2 N–H and O–H groups in total. The third kappa shape index (κ3) is 5.73. The summed E-state index contributed by atoms with van der Waals surface area (Å²) in [6.07, 6.45) is 2.45. The fourth-order valence-electron chi connectivity index (χ4n) is 3.09. The molecule has 0 fully saturated rings. The van der Waals surface area contributed by atoms with Crippen molar-refractivity contribution in [3.05, 3.63) is 93.4 Å². The second-order valence-corrected chi connectivity index (χ2v) is 7.18. The number of ether oxygens (including phenoxy) is 1. The average molecular weight is 440 g/mol. The maximum Gasteiger partial charge on any atom is 0.319 e. The van der Waals surface area contributed by atoms with Gasteiger partial charge in [-0.25, -0.2) is 4.79 Å². The summed E-state index contributed by atoms with van der Waals surface area (Å²) >= 11 is 6.18. The topological polar surface area (TPSA) is 89.4 Å². The number of aldehydes is 1. The van der Waals surface area contributed by atoms with Crippen molar-refractivity contribution in [1.29, 1.82) is 0 Å². The number of pyridine rings is 1. The highest BCUT2D eigenvalue weighted by Gasteiger charge is 2.16. The first kappa shape index (κ1) is 22.1. The fraction of sp³-hybridized carbons (Fsp3) is 0.174. The van der Waals surface area contributed by atoms with Gasteiger partial charge in [-0.1, -0.05) is 41.9 Å². The van der Waals surface area contributed by atoms with Crippen molar-refractivity contribution < 1.29 is 14.3 Å².